The lowest BCUT2D eigenvalue weighted by atomic mass is 10.2. The summed E-state index contributed by atoms with van der Waals surface area (Å²) in [5, 5.41) is 2.95. The van der Waals surface area contributed by atoms with Gasteiger partial charge in [0.1, 0.15) is 18.1 Å². The van der Waals surface area contributed by atoms with Gasteiger partial charge in [0.15, 0.2) is 6.10 Å². The number of hydrogen-bond donors (Lipinski definition) is 1. The van der Waals surface area contributed by atoms with Crippen LogP contribution in [0.5, 0.6) is 11.5 Å². The first kappa shape index (κ1) is 17.9. The summed E-state index contributed by atoms with van der Waals surface area (Å²) in [6, 6.07) is 17.1. The predicted octanol–water partition coefficient (Wildman–Crippen LogP) is 3.74. The molecule has 0 fully saturated rings. The highest BCUT2D eigenvalue weighted by atomic mass is 16.5. The lowest BCUT2D eigenvalue weighted by Gasteiger charge is -2.21. The fraction of sp³-hybridized carbons (Fsp3) is 0.350. The van der Waals surface area contributed by atoms with Crippen molar-refractivity contribution in [1.82, 2.24) is 5.32 Å². The van der Waals surface area contributed by atoms with E-state index in [9.17, 15) is 4.79 Å². The number of amides is 1. The highest BCUT2D eigenvalue weighted by Crippen LogP contribution is 2.16. The number of carbonyl (C=O) groups excluding carboxylic acids is 1. The molecule has 2 rings (SSSR count). The van der Waals surface area contributed by atoms with Gasteiger partial charge >= 0.3 is 0 Å². The molecule has 0 saturated heterocycles. The van der Waals surface area contributed by atoms with E-state index in [0.29, 0.717) is 18.8 Å². The number of rotatable bonds is 8. The van der Waals surface area contributed by atoms with Gasteiger partial charge in [0, 0.05) is 0 Å². The van der Waals surface area contributed by atoms with Gasteiger partial charge in [-0.05, 0) is 44.0 Å². The van der Waals surface area contributed by atoms with Crippen molar-refractivity contribution >= 4 is 5.91 Å². The lowest BCUT2D eigenvalue weighted by molar-refractivity contribution is -0.128. The topological polar surface area (TPSA) is 47.6 Å². The molecular formula is C20H25NO3. The molecule has 0 aliphatic rings. The minimum atomic E-state index is -0.506. The predicted molar refractivity (Wildman–Crippen MR) is 95.4 cm³/mol. The molecule has 0 aromatic heterocycles. The molecule has 0 radical (unpaired) electrons. The van der Waals surface area contributed by atoms with Gasteiger partial charge < -0.3 is 14.8 Å². The van der Waals surface area contributed by atoms with Gasteiger partial charge in [-0.2, -0.15) is 0 Å². The normalized spacial score (nSPS) is 13.0. The van der Waals surface area contributed by atoms with Crippen LogP contribution in [0.3, 0.4) is 0 Å². The number of carbonyl (C=O) groups is 1. The second kappa shape index (κ2) is 8.96. The first-order chi connectivity index (χ1) is 11.6. The third-order valence-electron chi connectivity index (χ3n) is 3.66. The highest BCUT2D eigenvalue weighted by Gasteiger charge is 2.20. The molecule has 0 aliphatic carbocycles. The van der Waals surface area contributed by atoms with E-state index >= 15 is 0 Å². The van der Waals surface area contributed by atoms with Crippen LogP contribution in [0.4, 0.5) is 0 Å². The van der Waals surface area contributed by atoms with Gasteiger partial charge in [-0.3, -0.25) is 4.79 Å². The Balaban J connectivity index is 1.84. The second-order valence-electron chi connectivity index (χ2n) is 5.81. The summed E-state index contributed by atoms with van der Waals surface area (Å²) < 4.78 is 11.5. The number of hydrogen-bond acceptors (Lipinski definition) is 3. The zero-order chi connectivity index (χ0) is 17.4. The fourth-order valence-corrected chi connectivity index (χ4v) is 2.30. The number of para-hydroxylation sites is 2. The van der Waals surface area contributed by atoms with Crippen LogP contribution in [0.2, 0.25) is 0 Å². The minimum Gasteiger partial charge on any atom is -0.491 e. The van der Waals surface area contributed by atoms with Crippen LogP contribution >= 0.6 is 0 Å². The van der Waals surface area contributed by atoms with Crippen LogP contribution < -0.4 is 14.8 Å². The largest absolute Gasteiger partial charge is 0.491 e. The Morgan fingerprint density at radius 2 is 1.75 bits per heavy atom. The lowest BCUT2D eigenvalue weighted by Crippen LogP contribution is -2.44. The standard InChI is InChI=1S/C20H25NO3/c1-4-18(24-17-11-6-5-7-12-17)20(22)21-16(3)14-23-19-13-9-8-10-15(19)2/h5-13,16,18H,4,14H2,1-3H3,(H,21,22)/t16-,18-/m0/s1. The van der Waals surface area contributed by atoms with Crippen LogP contribution in [0.15, 0.2) is 54.6 Å². The molecule has 4 heteroatoms. The van der Waals surface area contributed by atoms with E-state index < -0.39 is 6.10 Å². The third-order valence-corrected chi connectivity index (χ3v) is 3.66. The van der Waals surface area contributed by atoms with Crippen molar-refractivity contribution in [2.24, 2.45) is 0 Å². The SMILES string of the molecule is CC[C@H](Oc1ccccc1)C(=O)N[C@@H](C)COc1ccccc1C. The molecule has 0 saturated carbocycles. The Morgan fingerprint density at radius 3 is 2.42 bits per heavy atom. The first-order valence-corrected chi connectivity index (χ1v) is 8.30. The maximum Gasteiger partial charge on any atom is 0.261 e. The quantitative estimate of drug-likeness (QED) is 0.803. The van der Waals surface area contributed by atoms with E-state index in [1.54, 1.807) is 0 Å². The minimum absolute atomic E-state index is 0.106. The van der Waals surface area contributed by atoms with Gasteiger partial charge in [0.25, 0.3) is 5.91 Å². The Labute approximate surface area is 143 Å². The third kappa shape index (κ3) is 5.30. The number of aryl methyl sites for hydroxylation is 1. The summed E-state index contributed by atoms with van der Waals surface area (Å²) in [4.78, 5) is 12.4. The highest BCUT2D eigenvalue weighted by molar-refractivity contribution is 5.81. The zero-order valence-corrected chi connectivity index (χ0v) is 14.5. The van der Waals surface area contributed by atoms with Crippen molar-refractivity contribution < 1.29 is 14.3 Å². The Hall–Kier alpha value is -2.49. The molecule has 0 aliphatic heterocycles. The first-order valence-electron chi connectivity index (χ1n) is 8.30. The van der Waals surface area contributed by atoms with Crippen molar-refractivity contribution in [1.29, 1.82) is 0 Å². The van der Waals surface area contributed by atoms with E-state index in [-0.39, 0.29) is 11.9 Å². The summed E-state index contributed by atoms with van der Waals surface area (Å²) >= 11 is 0. The molecule has 128 valence electrons. The van der Waals surface area contributed by atoms with E-state index in [4.69, 9.17) is 9.47 Å². The molecule has 24 heavy (non-hydrogen) atoms. The molecule has 2 aromatic rings. The molecule has 0 unspecified atom stereocenters. The van der Waals surface area contributed by atoms with Crippen molar-refractivity contribution in [3.8, 4) is 11.5 Å². The number of nitrogens with one attached hydrogen (secondary N) is 1. The second-order valence-corrected chi connectivity index (χ2v) is 5.81. The van der Waals surface area contributed by atoms with Crippen LogP contribution in [0, 0.1) is 6.92 Å². The number of benzene rings is 2. The van der Waals surface area contributed by atoms with Gasteiger partial charge in [0.05, 0.1) is 6.04 Å². The molecule has 1 amide bonds. The van der Waals surface area contributed by atoms with Gasteiger partial charge in [0.2, 0.25) is 0 Å². The van der Waals surface area contributed by atoms with Crippen molar-refractivity contribution in [2.45, 2.75) is 39.3 Å². The molecule has 0 spiro atoms. The maximum atomic E-state index is 12.4. The smallest absolute Gasteiger partial charge is 0.261 e. The number of ether oxygens (including phenoxy) is 2. The maximum absolute atomic E-state index is 12.4. The Kier molecular flexibility index (Phi) is 6.67. The summed E-state index contributed by atoms with van der Waals surface area (Å²) in [6.45, 7) is 6.27. The Bertz CT molecular complexity index is 642. The summed E-state index contributed by atoms with van der Waals surface area (Å²) in [6.07, 6.45) is 0.0971. The molecule has 1 N–H and O–H groups in total. The van der Waals surface area contributed by atoms with Gasteiger partial charge in [-0.25, -0.2) is 0 Å². The molecule has 0 bridgehead atoms. The summed E-state index contributed by atoms with van der Waals surface area (Å²) in [7, 11) is 0. The summed E-state index contributed by atoms with van der Waals surface area (Å²) in [5.74, 6) is 1.41. The van der Waals surface area contributed by atoms with E-state index in [1.165, 1.54) is 0 Å². The van der Waals surface area contributed by atoms with Crippen LogP contribution in [-0.4, -0.2) is 24.7 Å². The van der Waals surface area contributed by atoms with E-state index in [2.05, 4.69) is 5.32 Å². The van der Waals surface area contributed by atoms with Gasteiger partial charge in [-0.15, -0.1) is 0 Å². The van der Waals surface area contributed by atoms with Crippen LogP contribution in [0.1, 0.15) is 25.8 Å². The monoisotopic (exact) mass is 327 g/mol. The van der Waals surface area contributed by atoms with E-state index in [1.807, 2.05) is 75.4 Å². The molecule has 4 nitrogen and oxygen atoms in total. The fourth-order valence-electron chi connectivity index (χ4n) is 2.30. The van der Waals surface area contributed by atoms with Crippen molar-refractivity contribution in [2.75, 3.05) is 6.61 Å². The zero-order valence-electron chi connectivity index (χ0n) is 14.5. The molecule has 0 heterocycles. The van der Waals surface area contributed by atoms with Crippen molar-refractivity contribution in [3.05, 3.63) is 60.2 Å². The molecule has 2 aromatic carbocycles. The van der Waals surface area contributed by atoms with E-state index in [0.717, 1.165) is 11.3 Å². The molecule has 2 atom stereocenters. The average Bonchev–Trinajstić information content (AvgIpc) is 2.59. The molecular weight excluding hydrogens is 302 g/mol. The van der Waals surface area contributed by atoms with Crippen molar-refractivity contribution in [3.63, 3.8) is 0 Å². The van der Waals surface area contributed by atoms with Crippen LogP contribution in [0.25, 0.3) is 0 Å². The average molecular weight is 327 g/mol. The van der Waals surface area contributed by atoms with Crippen LogP contribution in [-0.2, 0) is 4.79 Å². The Morgan fingerprint density at radius 1 is 1.08 bits per heavy atom. The van der Waals surface area contributed by atoms with Gasteiger partial charge in [-0.1, -0.05) is 43.3 Å². The summed E-state index contributed by atoms with van der Waals surface area (Å²) in [5.41, 5.74) is 1.08.